The number of aryl methyl sites for hydroxylation is 1. The molecular weight excluding hydrogens is 304 g/mol. The lowest BCUT2D eigenvalue weighted by Crippen LogP contribution is -2.11. The van der Waals surface area contributed by atoms with Gasteiger partial charge in [-0.2, -0.15) is 5.26 Å². The maximum atomic E-state index is 12.1. The van der Waals surface area contributed by atoms with Crippen molar-refractivity contribution in [3.63, 3.8) is 0 Å². The van der Waals surface area contributed by atoms with Crippen molar-refractivity contribution in [1.82, 2.24) is 0 Å². The molecule has 0 radical (unpaired) electrons. The maximum Gasteiger partial charge on any atom is 0.271 e. The largest absolute Gasteiger partial charge is 0.277 e. The van der Waals surface area contributed by atoms with Crippen molar-refractivity contribution in [3.05, 3.63) is 45.8 Å². The average molecular weight is 313 g/mol. The van der Waals surface area contributed by atoms with Crippen LogP contribution >= 0.6 is 22.9 Å². The van der Waals surface area contributed by atoms with Crippen LogP contribution in [0.2, 0.25) is 5.02 Å². The molecule has 0 bridgehead atoms. The van der Waals surface area contributed by atoms with Crippen molar-refractivity contribution in [1.29, 1.82) is 5.26 Å². The molecule has 0 saturated heterocycles. The lowest BCUT2D eigenvalue weighted by molar-refractivity contribution is 0.603. The third-order valence-corrected chi connectivity index (χ3v) is 5.49. The fourth-order valence-electron chi connectivity index (χ4n) is 1.42. The van der Waals surface area contributed by atoms with Crippen molar-refractivity contribution in [2.24, 2.45) is 0 Å². The molecule has 0 aliphatic heterocycles. The molecule has 0 atom stereocenters. The van der Waals surface area contributed by atoms with Gasteiger partial charge in [0.15, 0.2) is 0 Å². The molecule has 7 heteroatoms. The van der Waals surface area contributed by atoms with Gasteiger partial charge in [0, 0.05) is 0 Å². The first-order valence-corrected chi connectivity index (χ1v) is 7.89. The summed E-state index contributed by atoms with van der Waals surface area (Å²) in [6.07, 6.45) is 0. The van der Waals surface area contributed by atoms with Gasteiger partial charge in [0.2, 0.25) is 0 Å². The van der Waals surface area contributed by atoms with E-state index in [9.17, 15) is 8.42 Å². The van der Waals surface area contributed by atoms with Crippen molar-refractivity contribution in [3.8, 4) is 6.07 Å². The lowest BCUT2D eigenvalue weighted by atomic mass is 10.2. The van der Waals surface area contributed by atoms with Crippen LogP contribution in [0.5, 0.6) is 0 Å². The fraction of sp³-hybridized carbons (Fsp3) is 0.0833. The SMILES string of the molecule is Cc1ccc(NS(=O)(=O)c2ccc(C#N)s2)c(Cl)c1. The number of nitrogens with one attached hydrogen (secondary N) is 1. The molecule has 0 unspecified atom stereocenters. The zero-order chi connectivity index (χ0) is 14.0. The Hall–Kier alpha value is -1.55. The van der Waals surface area contributed by atoms with Crippen molar-refractivity contribution in [2.75, 3.05) is 4.72 Å². The molecular formula is C12H9ClN2O2S2. The van der Waals surface area contributed by atoms with Gasteiger partial charge in [0.25, 0.3) is 10.0 Å². The van der Waals surface area contributed by atoms with Crippen LogP contribution < -0.4 is 4.72 Å². The van der Waals surface area contributed by atoms with Gasteiger partial charge in [0.1, 0.15) is 15.2 Å². The summed E-state index contributed by atoms with van der Waals surface area (Å²) < 4.78 is 26.7. The van der Waals surface area contributed by atoms with Crippen LogP contribution in [0.25, 0.3) is 0 Å². The monoisotopic (exact) mass is 312 g/mol. The molecule has 2 aromatic rings. The van der Waals surface area contributed by atoms with Gasteiger partial charge >= 0.3 is 0 Å². The molecule has 4 nitrogen and oxygen atoms in total. The number of thiophene rings is 1. The molecule has 0 aliphatic carbocycles. The van der Waals surface area contributed by atoms with Gasteiger partial charge in [-0.1, -0.05) is 17.7 Å². The maximum absolute atomic E-state index is 12.1. The standard InChI is InChI=1S/C12H9ClN2O2S2/c1-8-2-4-11(10(13)6-8)15-19(16,17)12-5-3-9(7-14)18-12/h2-6,15H,1H3. The molecule has 2 rings (SSSR count). The van der Waals surface area contributed by atoms with E-state index in [-0.39, 0.29) is 4.21 Å². The highest BCUT2D eigenvalue weighted by Gasteiger charge is 2.18. The number of anilines is 1. The van der Waals surface area contributed by atoms with Gasteiger partial charge in [-0.05, 0) is 36.8 Å². The third-order valence-electron chi connectivity index (χ3n) is 2.33. The van der Waals surface area contributed by atoms with E-state index in [4.69, 9.17) is 16.9 Å². The van der Waals surface area contributed by atoms with Gasteiger partial charge < -0.3 is 0 Å². The number of nitriles is 1. The van der Waals surface area contributed by atoms with Crippen LogP contribution in [0.15, 0.2) is 34.5 Å². The van der Waals surface area contributed by atoms with Crippen LogP contribution in [-0.2, 0) is 10.0 Å². The molecule has 0 fully saturated rings. The first-order valence-electron chi connectivity index (χ1n) is 5.21. The molecule has 19 heavy (non-hydrogen) atoms. The average Bonchev–Trinajstić information content (AvgIpc) is 2.82. The third kappa shape index (κ3) is 3.07. The highest BCUT2D eigenvalue weighted by molar-refractivity contribution is 7.94. The number of hydrogen-bond acceptors (Lipinski definition) is 4. The molecule has 0 aliphatic rings. The van der Waals surface area contributed by atoms with Crippen LogP contribution in [0.1, 0.15) is 10.4 Å². The summed E-state index contributed by atoms with van der Waals surface area (Å²) in [5, 5.41) is 9.04. The smallest absolute Gasteiger partial charge is 0.271 e. The molecule has 1 N–H and O–H groups in total. The molecule has 1 aromatic heterocycles. The van der Waals surface area contributed by atoms with E-state index in [1.807, 2.05) is 13.0 Å². The van der Waals surface area contributed by atoms with Crippen molar-refractivity contribution in [2.45, 2.75) is 11.1 Å². The summed E-state index contributed by atoms with van der Waals surface area (Å²) in [5.74, 6) is 0. The Morgan fingerprint density at radius 1 is 1.32 bits per heavy atom. The summed E-state index contributed by atoms with van der Waals surface area (Å²) in [6.45, 7) is 1.86. The van der Waals surface area contributed by atoms with E-state index in [1.165, 1.54) is 12.1 Å². The van der Waals surface area contributed by atoms with Crippen molar-refractivity contribution < 1.29 is 8.42 Å². The van der Waals surface area contributed by atoms with Crippen LogP contribution in [0.3, 0.4) is 0 Å². The van der Waals surface area contributed by atoms with E-state index in [0.29, 0.717) is 15.6 Å². The molecule has 98 valence electrons. The highest BCUT2D eigenvalue weighted by atomic mass is 35.5. The second-order valence-corrected chi connectivity index (χ2v) is 7.22. The number of sulfonamides is 1. The summed E-state index contributed by atoms with van der Waals surface area (Å²) in [6, 6.07) is 9.81. The summed E-state index contributed by atoms with van der Waals surface area (Å²) in [4.78, 5) is 0.343. The van der Waals surface area contributed by atoms with Crippen LogP contribution in [0, 0.1) is 18.3 Å². The number of halogens is 1. The van der Waals surface area contributed by atoms with Crippen LogP contribution in [-0.4, -0.2) is 8.42 Å². The van der Waals surface area contributed by atoms with Gasteiger partial charge in [-0.15, -0.1) is 11.3 Å². The topological polar surface area (TPSA) is 70.0 Å². The fourth-order valence-corrected chi connectivity index (χ4v) is 3.94. The minimum Gasteiger partial charge on any atom is -0.277 e. The Labute approximate surface area is 120 Å². The Bertz CT molecular complexity index is 760. The lowest BCUT2D eigenvalue weighted by Gasteiger charge is -2.08. The predicted molar refractivity (Wildman–Crippen MR) is 76.0 cm³/mol. The zero-order valence-corrected chi connectivity index (χ0v) is 12.2. The second kappa shape index (κ2) is 5.21. The summed E-state index contributed by atoms with van der Waals surface area (Å²) in [7, 11) is -3.70. The highest BCUT2D eigenvalue weighted by Crippen LogP contribution is 2.28. The molecule has 0 amide bonds. The molecule has 1 heterocycles. The number of rotatable bonds is 3. The normalized spacial score (nSPS) is 11.0. The number of benzene rings is 1. The first kappa shape index (κ1) is 13.9. The predicted octanol–water partition coefficient (Wildman–Crippen LogP) is 3.38. The number of hydrogen-bond donors (Lipinski definition) is 1. The van der Waals surface area contributed by atoms with E-state index < -0.39 is 10.0 Å². The van der Waals surface area contributed by atoms with Gasteiger partial charge in [0.05, 0.1) is 10.7 Å². The minimum atomic E-state index is -3.70. The van der Waals surface area contributed by atoms with E-state index in [0.717, 1.165) is 16.9 Å². The van der Waals surface area contributed by atoms with E-state index >= 15 is 0 Å². The first-order chi connectivity index (χ1) is 8.92. The molecule has 0 saturated carbocycles. The van der Waals surface area contributed by atoms with Gasteiger partial charge in [-0.25, -0.2) is 8.42 Å². The zero-order valence-electron chi connectivity index (χ0n) is 9.84. The Morgan fingerprint density at radius 3 is 2.63 bits per heavy atom. The van der Waals surface area contributed by atoms with E-state index in [1.54, 1.807) is 18.2 Å². The Balaban J connectivity index is 2.34. The molecule has 1 aromatic carbocycles. The Kier molecular flexibility index (Phi) is 3.80. The molecule has 0 spiro atoms. The minimum absolute atomic E-state index is 0.0840. The quantitative estimate of drug-likeness (QED) is 0.944. The van der Waals surface area contributed by atoms with E-state index in [2.05, 4.69) is 4.72 Å². The van der Waals surface area contributed by atoms with Crippen LogP contribution in [0.4, 0.5) is 5.69 Å². The Morgan fingerprint density at radius 2 is 2.05 bits per heavy atom. The van der Waals surface area contributed by atoms with Crippen molar-refractivity contribution >= 4 is 38.6 Å². The summed E-state index contributed by atoms with van der Waals surface area (Å²) >= 11 is 6.89. The number of nitrogens with zero attached hydrogens (tertiary/aromatic N) is 1. The van der Waals surface area contributed by atoms with Gasteiger partial charge in [-0.3, -0.25) is 4.72 Å². The summed E-state index contributed by atoms with van der Waals surface area (Å²) in [5.41, 5.74) is 1.26. The second-order valence-electron chi connectivity index (χ2n) is 3.82.